The minimum Gasteiger partial charge on any atom is -0.385 e. The van der Waals surface area contributed by atoms with Crippen LogP contribution >= 0.6 is 0 Å². The SMILES string of the molecule is CCNc1cc(N(C)Cc2ccncc2)cc([N+](=O)[O-])c1. The minimum atomic E-state index is -0.370. The molecular weight excluding hydrogens is 268 g/mol. The van der Waals surface area contributed by atoms with Crippen molar-refractivity contribution in [3.05, 3.63) is 58.4 Å². The molecule has 0 bridgehead atoms. The van der Waals surface area contributed by atoms with Gasteiger partial charge in [0.15, 0.2) is 0 Å². The third kappa shape index (κ3) is 3.92. The molecule has 110 valence electrons. The molecule has 0 fully saturated rings. The van der Waals surface area contributed by atoms with Crippen LogP contribution < -0.4 is 10.2 Å². The van der Waals surface area contributed by atoms with E-state index in [1.165, 1.54) is 0 Å². The first kappa shape index (κ1) is 14.8. The molecule has 0 aliphatic rings. The summed E-state index contributed by atoms with van der Waals surface area (Å²) in [6.07, 6.45) is 3.47. The molecule has 6 nitrogen and oxygen atoms in total. The van der Waals surface area contributed by atoms with Gasteiger partial charge in [0.1, 0.15) is 0 Å². The van der Waals surface area contributed by atoms with Crippen molar-refractivity contribution in [1.29, 1.82) is 0 Å². The third-order valence-corrected chi connectivity index (χ3v) is 3.10. The zero-order valence-corrected chi connectivity index (χ0v) is 12.1. The standard InChI is InChI=1S/C15H18N4O2/c1-3-17-13-8-14(10-15(9-13)19(20)21)18(2)11-12-4-6-16-7-5-12/h4-10,17H,3,11H2,1-2H3. The van der Waals surface area contributed by atoms with E-state index >= 15 is 0 Å². The van der Waals surface area contributed by atoms with Crippen LogP contribution in [0.5, 0.6) is 0 Å². The molecule has 1 aromatic carbocycles. The van der Waals surface area contributed by atoms with E-state index in [0.717, 1.165) is 16.9 Å². The topological polar surface area (TPSA) is 71.3 Å². The lowest BCUT2D eigenvalue weighted by Crippen LogP contribution is -2.16. The van der Waals surface area contributed by atoms with Crippen molar-refractivity contribution < 1.29 is 4.92 Å². The van der Waals surface area contributed by atoms with Gasteiger partial charge in [-0.15, -0.1) is 0 Å². The van der Waals surface area contributed by atoms with Gasteiger partial charge in [-0.2, -0.15) is 0 Å². The van der Waals surface area contributed by atoms with Crippen LogP contribution in [0.1, 0.15) is 12.5 Å². The Bertz CT molecular complexity index is 616. The van der Waals surface area contributed by atoms with Crippen LogP contribution in [-0.2, 0) is 6.54 Å². The Morgan fingerprint density at radius 3 is 2.62 bits per heavy atom. The van der Waals surface area contributed by atoms with Crippen molar-refractivity contribution in [2.75, 3.05) is 23.8 Å². The Labute approximate surface area is 123 Å². The summed E-state index contributed by atoms with van der Waals surface area (Å²) in [4.78, 5) is 16.6. The van der Waals surface area contributed by atoms with E-state index in [4.69, 9.17) is 0 Å². The van der Waals surface area contributed by atoms with Gasteiger partial charge in [0.05, 0.1) is 4.92 Å². The van der Waals surface area contributed by atoms with Gasteiger partial charge in [0, 0.05) is 56.0 Å². The van der Waals surface area contributed by atoms with Crippen molar-refractivity contribution >= 4 is 17.1 Å². The van der Waals surface area contributed by atoms with E-state index in [1.807, 2.05) is 37.1 Å². The molecule has 1 heterocycles. The highest BCUT2D eigenvalue weighted by molar-refractivity contribution is 5.64. The maximum Gasteiger partial charge on any atom is 0.273 e. The van der Waals surface area contributed by atoms with Crippen LogP contribution in [0, 0.1) is 10.1 Å². The monoisotopic (exact) mass is 286 g/mol. The number of nitrogens with one attached hydrogen (secondary N) is 1. The number of non-ortho nitro benzene ring substituents is 1. The first-order chi connectivity index (χ1) is 10.1. The minimum absolute atomic E-state index is 0.0880. The summed E-state index contributed by atoms with van der Waals surface area (Å²) in [7, 11) is 1.91. The van der Waals surface area contributed by atoms with Crippen molar-refractivity contribution in [2.24, 2.45) is 0 Å². The normalized spacial score (nSPS) is 10.2. The molecule has 0 amide bonds. The number of pyridine rings is 1. The van der Waals surface area contributed by atoms with Gasteiger partial charge in [-0.25, -0.2) is 0 Å². The number of nitrogens with zero attached hydrogens (tertiary/aromatic N) is 3. The van der Waals surface area contributed by atoms with E-state index in [0.29, 0.717) is 13.1 Å². The molecule has 0 unspecified atom stereocenters. The van der Waals surface area contributed by atoms with Gasteiger partial charge in [0.2, 0.25) is 0 Å². The van der Waals surface area contributed by atoms with Gasteiger partial charge >= 0.3 is 0 Å². The summed E-state index contributed by atoms with van der Waals surface area (Å²) in [5.41, 5.74) is 2.74. The van der Waals surface area contributed by atoms with E-state index in [9.17, 15) is 10.1 Å². The van der Waals surface area contributed by atoms with E-state index in [1.54, 1.807) is 24.5 Å². The van der Waals surface area contributed by atoms with Crippen molar-refractivity contribution in [3.8, 4) is 0 Å². The highest BCUT2D eigenvalue weighted by Gasteiger charge is 2.12. The molecule has 6 heteroatoms. The van der Waals surface area contributed by atoms with Crippen LogP contribution in [-0.4, -0.2) is 23.5 Å². The molecule has 1 aromatic heterocycles. The second-order valence-electron chi connectivity index (χ2n) is 4.74. The fourth-order valence-electron chi connectivity index (χ4n) is 2.08. The first-order valence-corrected chi connectivity index (χ1v) is 6.73. The van der Waals surface area contributed by atoms with Gasteiger partial charge in [-0.05, 0) is 30.7 Å². The van der Waals surface area contributed by atoms with Crippen LogP contribution in [0.3, 0.4) is 0 Å². The molecular formula is C15H18N4O2. The predicted octanol–water partition coefficient (Wildman–Crippen LogP) is 3.06. The Kier molecular flexibility index (Phi) is 4.71. The summed E-state index contributed by atoms with van der Waals surface area (Å²) >= 11 is 0. The Morgan fingerprint density at radius 2 is 2.00 bits per heavy atom. The average molecular weight is 286 g/mol. The quantitative estimate of drug-likeness (QED) is 0.652. The maximum absolute atomic E-state index is 11.0. The molecule has 0 saturated carbocycles. The first-order valence-electron chi connectivity index (χ1n) is 6.73. The highest BCUT2D eigenvalue weighted by atomic mass is 16.6. The molecule has 0 atom stereocenters. The Morgan fingerprint density at radius 1 is 1.29 bits per heavy atom. The lowest BCUT2D eigenvalue weighted by atomic mass is 10.2. The van der Waals surface area contributed by atoms with E-state index in [2.05, 4.69) is 10.3 Å². The van der Waals surface area contributed by atoms with Gasteiger partial charge in [0.25, 0.3) is 5.69 Å². The van der Waals surface area contributed by atoms with Crippen molar-refractivity contribution in [1.82, 2.24) is 4.98 Å². The maximum atomic E-state index is 11.0. The Balaban J connectivity index is 2.26. The summed E-state index contributed by atoms with van der Waals surface area (Å²) in [5.74, 6) is 0. The van der Waals surface area contributed by atoms with Crippen molar-refractivity contribution in [3.63, 3.8) is 0 Å². The van der Waals surface area contributed by atoms with Crippen LogP contribution in [0.15, 0.2) is 42.7 Å². The molecule has 0 spiro atoms. The van der Waals surface area contributed by atoms with E-state index < -0.39 is 0 Å². The number of nitro benzene ring substituents is 1. The summed E-state index contributed by atoms with van der Waals surface area (Å²) in [5, 5.41) is 14.2. The molecule has 1 N–H and O–H groups in total. The largest absolute Gasteiger partial charge is 0.385 e. The molecule has 2 aromatic rings. The number of aromatic nitrogens is 1. The van der Waals surface area contributed by atoms with Crippen LogP contribution in [0.4, 0.5) is 17.1 Å². The third-order valence-electron chi connectivity index (χ3n) is 3.10. The average Bonchev–Trinajstić information content (AvgIpc) is 2.48. The highest BCUT2D eigenvalue weighted by Crippen LogP contribution is 2.27. The molecule has 0 aliphatic heterocycles. The predicted molar refractivity (Wildman–Crippen MR) is 83.6 cm³/mol. The molecule has 0 saturated heterocycles. The van der Waals surface area contributed by atoms with Gasteiger partial charge in [-0.1, -0.05) is 0 Å². The van der Waals surface area contributed by atoms with Crippen molar-refractivity contribution in [2.45, 2.75) is 13.5 Å². The van der Waals surface area contributed by atoms with Gasteiger partial charge in [-0.3, -0.25) is 15.1 Å². The summed E-state index contributed by atoms with van der Waals surface area (Å²) < 4.78 is 0. The number of hydrogen-bond donors (Lipinski definition) is 1. The lowest BCUT2D eigenvalue weighted by molar-refractivity contribution is -0.384. The summed E-state index contributed by atoms with van der Waals surface area (Å²) in [6.45, 7) is 3.34. The van der Waals surface area contributed by atoms with Crippen LogP contribution in [0.25, 0.3) is 0 Å². The second kappa shape index (κ2) is 6.69. The van der Waals surface area contributed by atoms with Gasteiger partial charge < -0.3 is 10.2 Å². The lowest BCUT2D eigenvalue weighted by Gasteiger charge is -2.20. The number of nitro groups is 1. The fourth-order valence-corrected chi connectivity index (χ4v) is 2.08. The molecule has 0 aliphatic carbocycles. The smallest absolute Gasteiger partial charge is 0.273 e. The number of benzene rings is 1. The molecule has 2 rings (SSSR count). The van der Waals surface area contributed by atoms with Crippen LogP contribution in [0.2, 0.25) is 0 Å². The number of hydrogen-bond acceptors (Lipinski definition) is 5. The van der Waals surface area contributed by atoms with E-state index in [-0.39, 0.29) is 10.6 Å². The zero-order valence-electron chi connectivity index (χ0n) is 12.1. The second-order valence-corrected chi connectivity index (χ2v) is 4.74. The fraction of sp³-hybridized carbons (Fsp3) is 0.267. The summed E-state index contributed by atoms with van der Waals surface area (Å²) in [6, 6.07) is 8.91. The zero-order chi connectivity index (χ0) is 15.2. The Hall–Kier alpha value is -2.63. The molecule has 21 heavy (non-hydrogen) atoms. The number of rotatable bonds is 6. The molecule has 0 radical (unpaired) electrons. The number of anilines is 2.